The fourth-order valence-electron chi connectivity index (χ4n) is 2.60. The molecule has 124 valence electrons. The predicted molar refractivity (Wildman–Crippen MR) is 83.1 cm³/mol. The summed E-state index contributed by atoms with van der Waals surface area (Å²) in [5, 5.41) is 5.09. The van der Waals surface area contributed by atoms with Crippen molar-refractivity contribution in [3.05, 3.63) is 18.2 Å². The van der Waals surface area contributed by atoms with E-state index in [4.69, 9.17) is 9.88 Å². The fourth-order valence-corrected chi connectivity index (χ4v) is 4.14. The van der Waals surface area contributed by atoms with Crippen LogP contribution in [0.1, 0.15) is 13.8 Å². The number of ether oxygens (including phenoxy) is 1. The van der Waals surface area contributed by atoms with E-state index in [1.54, 1.807) is 0 Å². The van der Waals surface area contributed by atoms with Crippen LogP contribution < -0.4 is 10.0 Å². The van der Waals surface area contributed by atoms with Crippen LogP contribution in [-0.2, 0) is 24.6 Å². The Morgan fingerprint density at radius 1 is 1.14 bits per heavy atom. The maximum atomic E-state index is 12.0. The third kappa shape index (κ3) is 3.78. The summed E-state index contributed by atoms with van der Waals surface area (Å²) in [6.45, 7) is 4.87. The average Bonchev–Trinajstić information content (AvgIpc) is 2.34. The van der Waals surface area contributed by atoms with E-state index in [-0.39, 0.29) is 22.0 Å². The van der Waals surface area contributed by atoms with Crippen molar-refractivity contribution in [3.63, 3.8) is 0 Å². The van der Waals surface area contributed by atoms with Gasteiger partial charge < -0.3 is 9.64 Å². The van der Waals surface area contributed by atoms with Gasteiger partial charge in [0.1, 0.15) is 0 Å². The summed E-state index contributed by atoms with van der Waals surface area (Å²) in [6, 6.07) is 3.93. The van der Waals surface area contributed by atoms with Crippen molar-refractivity contribution in [1.82, 2.24) is 0 Å². The zero-order chi connectivity index (χ0) is 16.7. The largest absolute Gasteiger partial charge is 0.372 e. The molecule has 1 aromatic carbocycles. The van der Waals surface area contributed by atoms with Gasteiger partial charge in [-0.3, -0.25) is 0 Å². The quantitative estimate of drug-likeness (QED) is 0.845. The number of nitrogens with two attached hydrogens (primary N) is 1. The molecule has 0 unspecified atom stereocenters. The van der Waals surface area contributed by atoms with Crippen LogP contribution in [0.5, 0.6) is 0 Å². The highest BCUT2D eigenvalue weighted by Gasteiger charge is 2.27. The summed E-state index contributed by atoms with van der Waals surface area (Å²) in [6.07, 6.45) is 0.953. The lowest BCUT2D eigenvalue weighted by molar-refractivity contribution is -0.00537. The van der Waals surface area contributed by atoms with E-state index in [2.05, 4.69) is 0 Å². The number of primary sulfonamides is 1. The number of nitrogens with zero attached hydrogens (tertiary/aromatic N) is 1. The molecule has 1 aromatic rings. The van der Waals surface area contributed by atoms with Gasteiger partial charge in [0, 0.05) is 19.3 Å². The molecule has 0 radical (unpaired) electrons. The Balaban J connectivity index is 2.56. The van der Waals surface area contributed by atoms with Crippen molar-refractivity contribution >= 4 is 25.5 Å². The SMILES string of the molecule is C[C@@H]1CN(c2ccc(S(N)(=O)=O)cc2S(C)(=O)=O)C[C@H](C)O1. The minimum atomic E-state index is -3.96. The molecule has 1 heterocycles. The number of anilines is 1. The zero-order valence-corrected chi connectivity index (χ0v) is 14.3. The second kappa shape index (κ2) is 5.80. The molecule has 1 fully saturated rings. The maximum absolute atomic E-state index is 12.0. The molecule has 0 bridgehead atoms. The lowest BCUT2D eigenvalue weighted by Crippen LogP contribution is -2.46. The molecule has 0 aliphatic carbocycles. The molecule has 22 heavy (non-hydrogen) atoms. The van der Waals surface area contributed by atoms with Gasteiger partial charge in [0.25, 0.3) is 0 Å². The number of morpholine rings is 1. The van der Waals surface area contributed by atoms with Gasteiger partial charge in [-0.25, -0.2) is 22.0 Å². The summed E-state index contributed by atoms with van der Waals surface area (Å²) in [4.78, 5) is 1.63. The van der Waals surface area contributed by atoms with Crippen LogP contribution in [0.15, 0.2) is 28.0 Å². The summed E-state index contributed by atoms with van der Waals surface area (Å²) in [5.41, 5.74) is 0.469. The highest BCUT2D eigenvalue weighted by atomic mass is 32.2. The highest BCUT2D eigenvalue weighted by Crippen LogP contribution is 2.30. The summed E-state index contributed by atoms with van der Waals surface area (Å²) < 4.78 is 52.6. The topological polar surface area (TPSA) is 107 Å². The van der Waals surface area contributed by atoms with Crippen LogP contribution in [0.3, 0.4) is 0 Å². The Labute approximate surface area is 131 Å². The average molecular weight is 348 g/mol. The molecular formula is C13H20N2O5S2. The van der Waals surface area contributed by atoms with E-state index >= 15 is 0 Å². The van der Waals surface area contributed by atoms with Crippen molar-refractivity contribution < 1.29 is 21.6 Å². The van der Waals surface area contributed by atoms with E-state index in [0.717, 1.165) is 12.3 Å². The van der Waals surface area contributed by atoms with Gasteiger partial charge >= 0.3 is 0 Å². The number of benzene rings is 1. The van der Waals surface area contributed by atoms with Gasteiger partial charge in [-0.15, -0.1) is 0 Å². The lowest BCUT2D eigenvalue weighted by atomic mass is 10.2. The molecular weight excluding hydrogens is 328 g/mol. The van der Waals surface area contributed by atoms with E-state index in [0.29, 0.717) is 18.8 Å². The Bertz CT molecular complexity index is 764. The number of hydrogen-bond acceptors (Lipinski definition) is 6. The second-order valence-electron chi connectivity index (χ2n) is 5.61. The summed E-state index contributed by atoms with van der Waals surface area (Å²) >= 11 is 0. The Morgan fingerprint density at radius 3 is 2.14 bits per heavy atom. The van der Waals surface area contributed by atoms with E-state index in [9.17, 15) is 16.8 Å². The van der Waals surface area contributed by atoms with Crippen molar-refractivity contribution in [2.24, 2.45) is 5.14 Å². The molecule has 0 saturated carbocycles. The molecule has 1 aliphatic heterocycles. The van der Waals surface area contributed by atoms with Gasteiger partial charge in [0.15, 0.2) is 9.84 Å². The number of sulfonamides is 1. The smallest absolute Gasteiger partial charge is 0.238 e. The van der Waals surface area contributed by atoms with Crippen LogP contribution in [0.4, 0.5) is 5.69 Å². The molecule has 1 saturated heterocycles. The monoisotopic (exact) mass is 348 g/mol. The molecule has 0 amide bonds. The summed E-state index contributed by atoms with van der Waals surface area (Å²) in [7, 11) is -7.57. The van der Waals surface area contributed by atoms with Gasteiger partial charge in [-0.05, 0) is 32.0 Å². The highest BCUT2D eigenvalue weighted by molar-refractivity contribution is 7.91. The van der Waals surface area contributed by atoms with E-state index in [1.807, 2.05) is 18.7 Å². The van der Waals surface area contributed by atoms with E-state index in [1.165, 1.54) is 12.1 Å². The van der Waals surface area contributed by atoms with Gasteiger partial charge in [-0.2, -0.15) is 0 Å². The van der Waals surface area contributed by atoms with Crippen molar-refractivity contribution in [2.75, 3.05) is 24.2 Å². The van der Waals surface area contributed by atoms with Crippen LogP contribution >= 0.6 is 0 Å². The minimum absolute atomic E-state index is 0.0414. The van der Waals surface area contributed by atoms with Gasteiger partial charge in [0.2, 0.25) is 10.0 Å². The maximum Gasteiger partial charge on any atom is 0.238 e. The molecule has 2 atom stereocenters. The molecule has 0 spiro atoms. The predicted octanol–water partition coefficient (Wildman–Crippen LogP) is 0.351. The fraction of sp³-hybridized carbons (Fsp3) is 0.538. The second-order valence-corrected chi connectivity index (χ2v) is 9.15. The molecule has 2 N–H and O–H groups in total. The van der Waals surface area contributed by atoms with Crippen molar-refractivity contribution in [2.45, 2.75) is 35.8 Å². The Morgan fingerprint density at radius 2 is 1.68 bits per heavy atom. The molecule has 0 aromatic heterocycles. The molecule has 7 nitrogen and oxygen atoms in total. The normalized spacial score (nSPS) is 23.5. The zero-order valence-electron chi connectivity index (χ0n) is 12.7. The van der Waals surface area contributed by atoms with Crippen LogP contribution in [0.2, 0.25) is 0 Å². The minimum Gasteiger partial charge on any atom is -0.372 e. The first-order valence-electron chi connectivity index (χ1n) is 6.76. The summed E-state index contributed by atoms with van der Waals surface area (Å²) in [5.74, 6) is 0. The third-order valence-electron chi connectivity index (χ3n) is 3.42. The molecule has 9 heteroatoms. The van der Waals surface area contributed by atoms with Crippen LogP contribution in [0, 0.1) is 0 Å². The van der Waals surface area contributed by atoms with Crippen LogP contribution in [0.25, 0.3) is 0 Å². The van der Waals surface area contributed by atoms with Gasteiger partial charge in [0.05, 0.1) is 27.7 Å². The third-order valence-corrected chi connectivity index (χ3v) is 5.46. The van der Waals surface area contributed by atoms with E-state index < -0.39 is 19.9 Å². The Kier molecular flexibility index (Phi) is 4.54. The number of rotatable bonds is 3. The molecule has 1 aliphatic rings. The molecule has 2 rings (SSSR count). The standard InChI is InChI=1S/C13H20N2O5S2/c1-9-7-15(8-10(2)20-9)12-5-4-11(22(14,18)19)6-13(12)21(3,16)17/h4-6,9-10H,7-8H2,1-3H3,(H2,14,18,19)/t9-,10+. The first-order valence-corrected chi connectivity index (χ1v) is 10.2. The number of sulfone groups is 1. The number of hydrogen-bond donors (Lipinski definition) is 1. The van der Waals surface area contributed by atoms with Crippen LogP contribution in [-0.4, -0.2) is 48.4 Å². The van der Waals surface area contributed by atoms with Gasteiger partial charge in [-0.1, -0.05) is 0 Å². The first-order chi connectivity index (χ1) is 9.98. The lowest BCUT2D eigenvalue weighted by Gasteiger charge is -2.37. The van der Waals surface area contributed by atoms with Crippen molar-refractivity contribution in [1.29, 1.82) is 0 Å². The Hall–Kier alpha value is -1.16. The first kappa shape index (κ1) is 17.2. The van der Waals surface area contributed by atoms with Crippen molar-refractivity contribution in [3.8, 4) is 0 Å².